The SMILES string of the molecule is N#Cc1ccc(S(=O)(=O)N(CC(=O)O)C2CC2)s1. The van der Waals surface area contributed by atoms with Crippen molar-refractivity contribution in [2.45, 2.75) is 23.1 Å². The molecule has 1 fully saturated rings. The van der Waals surface area contributed by atoms with Gasteiger partial charge in [-0.25, -0.2) is 8.42 Å². The molecule has 1 saturated carbocycles. The Balaban J connectivity index is 2.33. The van der Waals surface area contributed by atoms with E-state index in [1.165, 1.54) is 12.1 Å². The molecule has 0 unspecified atom stereocenters. The molecule has 1 aliphatic carbocycles. The lowest BCUT2D eigenvalue weighted by atomic mass is 10.5. The Hall–Kier alpha value is -1.43. The van der Waals surface area contributed by atoms with Crippen LogP contribution in [0.1, 0.15) is 17.7 Å². The van der Waals surface area contributed by atoms with Crippen molar-refractivity contribution in [2.75, 3.05) is 6.54 Å². The number of hydrogen-bond acceptors (Lipinski definition) is 5. The first-order valence-corrected chi connectivity index (χ1v) is 7.44. The van der Waals surface area contributed by atoms with Gasteiger partial charge >= 0.3 is 5.97 Å². The van der Waals surface area contributed by atoms with Gasteiger partial charge in [-0.05, 0) is 25.0 Å². The van der Waals surface area contributed by atoms with Crippen molar-refractivity contribution in [2.24, 2.45) is 0 Å². The number of thiophene rings is 1. The Kier molecular flexibility index (Phi) is 3.38. The molecule has 0 amide bonds. The van der Waals surface area contributed by atoms with Gasteiger partial charge in [0.2, 0.25) is 0 Å². The van der Waals surface area contributed by atoms with E-state index in [4.69, 9.17) is 10.4 Å². The molecular weight excluding hydrogens is 276 g/mol. The number of carbonyl (C=O) groups is 1. The predicted molar refractivity (Wildman–Crippen MR) is 63.6 cm³/mol. The second-order valence-corrected chi connectivity index (χ2v) is 7.11. The van der Waals surface area contributed by atoms with E-state index >= 15 is 0 Å². The minimum atomic E-state index is -3.80. The Bertz CT molecular complexity index is 610. The second-order valence-electron chi connectivity index (χ2n) is 3.91. The molecule has 0 spiro atoms. The Morgan fingerprint density at radius 2 is 2.22 bits per heavy atom. The number of rotatable bonds is 5. The van der Waals surface area contributed by atoms with Crippen molar-refractivity contribution >= 4 is 27.3 Å². The van der Waals surface area contributed by atoms with E-state index in [1.807, 2.05) is 6.07 Å². The maximum absolute atomic E-state index is 12.2. The summed E-state index contributed by atoms with van der Waals surface area (Å²) in [7, 11) is -3.80. The van der Waals surface area contributed by atoms with Gasteiger partial charge in [-0.3, -0.25) is 4.79 Å². The van der Waals surface area contributed by atoms with Crippen LogP contribution in [0, 0.1) is 11.3 Å². The van der Waals surface area contributed by atoms with Crippen molar-refractivity contribution in [1.29, 1.82) is 5.26 Å². The minimum Gasteiger partial charge on any atom is -0.480 e. The van der Waals surface area contributed by atoms with Crippen molar-refractivity contribution in [3.8, 4) is 6.07 Å². The molecule has 0 saturated heterocycles. The number of hydrogen-bond donors (Lipinski definition) is 1. The van der Waals surface area contributed by atoms with Crippen LogP contribution in [-0.4, -0.2) is 36.4 Å². The van der Waals surface area contributed by atoms with E-state index in [1.54, 1.807) is 0 Å². The van der Waals surface area contributed by atoms with E-state index < -0.39 is 22.5 Å². The summed E-state index contributed by atoms with van der Waals surface area (Å²) >= 11 is 0.857. The fourth-order valence-corrected chi connectivity index (χ4v) is 4.41. The zero-order valence-corrected chi connectivity index (χ0v) is 10.9. The lowest BCUT2D eigenvalue weighted by Gasteiger charge is -2.18. The summed E-state index contributed by atoms with van der Waals surface area (Å²) in [6.45, 7) is -0.535. The highest BCUT2D eigenvalue weighted by Crippen LogP contribution is 2.33. The second kappa shape index (κ2) is 4.68. The van der Waals surface area contributed by atoms with Crippen LogP contribution in [0.2, 0.25) is 0 Å². The van der Waals surface area contributed by atoms with Crippen LogP contribution < -0.4 is 0 Å². The van der Waals surface area contributed by atoms with E-state index in [0.29, 0.717) is 17.7 Å². The first kappa shape index (κ1) is 13.0. The standard InChI is InChI=1S/C10H10N2O4S2/c11-5-8-3-4-10(17-8)18(15,16)12(6-9(13)14)7-1-2-7/h3-4,7H,1-2,6H2,(H,13,14). The Morgan fingerprint density at radius 1 is 1.56 bits per heavy atom. The van der Waals surface area contributed by atoms with Gasteiger partial charge in [0.05, 0.1) is 0 Å². The molecular formula is C10H10N2O4S2. The van der Waals surface area contributed by atoms with Gasteiger partial charge < -0.3 is 5.11 Å². The normalized spacial score (nSPS) is 15.6. The molecule has 0 aliphatic heterocycles. The Morgan fingerprint density at radius 3 is 2.67 bits per heavy atom. The first-order valence-electron chi connectivity index (χ1n) is 5.18. The molecule has 0 bridgehead atoms. The summed E-state index contributed by atoms with van der Waals surface area (Å²) in [5.41, 5.74) is 0. The average Bonchev–Trinajstić information content (AvgIpc) is 3.01. The third kappa shape index (κ3) is 2.53. The molecule has 8 heteroatoms. The van der Waals surface area contributed by atoms with Crippen molar-refractivity contribution in [3.05, 3.63) is 17.0 Å². The molecule has 0 aromatic carbocycles. The molecule has 2 rings (SSSR count). The molecule has 1 aromatic rings. The first-order chi connectivity index (χ1) is 8.45. The molecule has 1 aliphatic rings. The molecule has 1 heterocycles. The molecule has 18 heavy (non-hydrogen) atoms. The van der Waals surface area contributed by atoms with Gasteiger partial charge in [0, 0.05) is 6.04 Å². The smallest absolute Gasteiger partial charge is 0.318 e. The van der Waals surface area contributed by atoms with E-state index in [9.17, 15) is 13.2 Å². The van der Waals surface area contributed by atoms with Crippen molar-refractivity contribution in [3.63, 3.8) is 0 Å². The summed E-state index contributed by atoms with van der Waals surface area (Å²) in [5, 5.41) is 17.4. The monoisotopic (exact) mass is 286 g/mol. The topological polar surface area (TPSA) is 98.5 Å². The van der Waals surface area contributed by atoms with Crippen LogP contribution in [0.4, 0.5) is 0 Å². The number of carboxylic acids is 1. The summed E-state index contributed by atoms with van der Waals surface area (Å²) < 4.78 is 25.5. The number of carboxylic acid groups (broad SMARTS) is 1. The summed E-state index contributed by atoms with van der Waals surface area (Å²) in [6.07, 6.45) is 1.37. The largest absolute Gasteiger partial charge is 0.480 e. The maximum Gasteiger partial charge on any atom is 0.318 e. The summed E-state index contributed by atoms with van der Waals surface area (Å²) in [4.78, 5) is 11.0. The molecule has 6 nitrogen and oxygen atoms in total. The predicted octanol–water partition coefficient (Wildman–Crippen LogP) is 0.857. The van der Waals surface area contributed by atoms with Gasteiger partial charge in [-0.2, -0.15) is 9.57 Å². The van der Waals surface area contributed by atoms with Crippen molar-refractivity contribution < 1.29 is 18.3 Å². The van der Waals surface area contributed by atoms with Crippen molar-refractivity contribution in [1.82, 2.24) is 4.31 Å². The van der Waals surface area contributed by atoms with Crippen LogP contribution in [-0.2, 0) is 14.8 Å². The van der Waals surface area contributed by atoms with E-state index in [0.717, 1.165) is 15.6 Å². The van der Waals surface area contributed by atoms with Crippen LogP contribution in [0.5, 0.6) is 0 Å². The van der Waals surface area contributed by atoms with Gasteiger partial charge in [0.25, 0.3) is 10.0 Å². The summed E-state index contributed by atoms with van der Waals surface area (Å²) in [6, 6.07) is 4.40. The molecule has 0 radical (unpaired) electrons. The maximum atomic E-state index is 12.2. The lowest BCUT2D eigenvalue weighted by molar-refractivity contribution is -0.137. The van der Waals surface area contributed by atoms with Crippen LogP contribution in [0.3, 0.4) is 0 Å². The summed E-state index contributed by atoms with van der Waals surface area (Å²) in [5.74, 6) is -1.18. The third-order valence-electron chi connectivity index (χ3n) is 2.50. The Labute approximate surface area is 108 Å². The van der Waals surface area contributed by atoms with Crippen LogP contribution >= 0.6 is 11.3 Å². The lowest BCUT2D eigenvalue weighted by Crippen LogP contribution is -2.37. The molecule has 1 N–H and O–H groups in total. The molecule has 0 atom stereocenters. The number of sulfonamides is 1. The highest BCUT2D eigenvalue weighted by molar-refractivity contribution is 7.91. The van der Waals surface area contributed by atoms with Gasteiger partial charge in [-0.1, -0.05) is 0 Å². The van der Waals surface area contributed by atoms with Gasteiger partial charge in [0.15, 0.2) is 0 Å². The zero-order valence-electron chi connectivity index (χ0n) is 9.24. The van der Waals surface area contributed by atoms with Gasteiger partial charge in [0.1, 0.15) is 21.7 Å². The zero-order chi connectivity index (χ0) is 13.3. The van der Waals surface area contributed by atoms with E-state index in [-0.39, 0.29) is 10.3 Å². The van der Waals surface area contributed by atoms with E-state index in [2.05, 4.69) is 0 Å². The van der Waals surface area contributed by atoms with Gasteiger partial charge in [-0.15, -0.1) is 11.3 Å². The highest BCUT2D eigenvalue weighted by Gasteiger charge is 2.39. The number of nitriles is 1. The number of aliphatic carboxylic acids is 1. The third-order valence-corrected chi connectivity index (χ3v) is 5.86. The fraction of sp³-hybridized carbons (Fsp3) is 0.400. The van der Waals surface area contributed by atoms with Crippen LogP contribution in [0.15, 0.2) is 16.3 Å². The fourth-order valence-electron chi connectivity index (χ4n) is 1.54. The number of nitrogens with zero attached hydrogens (tertiary/aromatic N) is 2. The molecule has 1 aromatic heterocycles. The highest BCUT2D eigenvalue weighted by atomic mass is 32.2. The molecule has 96 valence electrons. The quantitative estimate of drug-likeness (QED) is 0.865. The van der Waals surface area contributed by atoms with Crippen LogP contribution in [0.25, 0.3) is 0 Å². The average molecular weight is 286 g/mol. The minimum absolute atomic E-state index is 0.0206.